The van der Waals surface area contributed by atoms with Gasteiger partial charge in [0.15, 0.2) is 0 Å². The van der Waals surface area contributed by atoms with Crippen LogP contribution in [0.4, 0.5) is 4.79 Å². The molecule has 0 aromatic heterocycles. The summed E-state index contributed by atoms with van der Waals surface area (Å²) in [6.07, 6.45) is 4.02. The van der Waals surface area contributed by atoms with Crippen LogP contribution in [0.5, 0.6) is 0 Å². The van der Waals surface area contributed by atoms with Crippen LogP contribution in [0.15, 0.2) is 0 Å². The molecule has 0 bridgehead atoms. The number of ether oxygens (including phenoxy) is 1. The van der Waals surface area contributed by atoms with Crippen LogP contribution < -0.4 is 10.6 Å². The average molecular weight is 300 g/mol. The molecule has 7 nitrogen and oxygen atoms in total. The fourth-order valence-corrected chi connectivity index (χ4v) is 2.57. The van der Waals surface area contributed by atoms with Crippen LogP contribution in [0.25, 0.3) is 0 Å². The first-order valence-corrected chi connectivity index (χ1v) is 7.29. The minimum absolute atomic E-state index is 0.0104. The second-order valence-electron chi connectivity index (χ2n) is 5.59. The van der Waals surface area contributed by atoms with Crippen LogP contribution in [-0.4, -0.2) is 42.3 Å². The van der Waals surface area contributed by atoms with Crippen molar-refractivity contribution < 1.29 is 24.2 Å². The summed E-state index contributed by atoms with van der Waals surface area (Å²) in [6, 6.07) is -1.50. The van der Waals surface area contributed by atoms with E-state index in [9.17, 15) is 14.4 Å². The normalized spacial score (nSPS) is 23.0. The number of rotatable bonds is 6. The van der Waals surface area contributed by atoms with E-state index < -0.39 is 24.0 Å². The summed E-state index contributed by atoms with van der Waals surface area (Å²) in [5, 5.41) is 14.3. The Labute approximate surface area is 124 Å². The van der Waals surface area contributed by atoms with Crippen molar-refractivity contribution >= 4 is 18.0 Å². The molecule has 0 aliphatic heterocycles. The van der Waals surface area contributed by atoms with E-state index in [0.29, 0.717) is 5.92 Å². The van der Waals surface area contributed by atoms with E-state index in [1.807, 2.05) is 0 Å². The zero-order valence-corrected chi connectivity index (χ0v) is 12.6. The molecular formula is C14H24N2O5. The molecule has 1 aliphatic carbocycles. The maximum absolute atomic E-state index is 11.8. The van der Waals surface area contributed by atoms with Gasteiger partial charge in [0, 0.05) is 12.5 Å². The molecule has 1 fully saturated rings. The number of carboxylic acid groups (broad SMARTS) is 1. The van der Waals surface area contributed by atoms with Crippen LogP contribution in [-0.2, 0) is 14.3 Å². The molecule has 0 aromatic carbocycles. The molecule has 3 atom stereocenters. The van der Waals surface area contributed by atoms with Gasteiger partial charge in [-0.1, -0.05) is 19.8 Å². The summed E-state index contributed by atoms with van der Waals surface area (Å²) >= 11 is 0. The summed E-state index contributed by atoms with van der Waals surface area (Å²) in [5.74, 6) is -1.09. The highest BCUT2D eigenvalue weighted by molar-refractivity contribution is 5.83. The van der Waals surface area contributed by atoms with Crippen LogP contribution >= 0.6 is 0 Å². The van der Waals surface area contributed by atoms with Gasteiger partial charge >= 0.3 is 18.0 Å². The fourth-order valence-electron chi connectivity index (χ4n) is 2.57. The van der Waals surface area contributed by atoms with Gasteiger partial charge in [0.05, 0.1) is 7.11 Å². The predicted molar refractivity (Wildman–Crippen MR) is 75.8 cm³/mol. The van der Waals surface area contributed by atoms with Crippen molar-refractivity contribution in [3.63, 3.8) is 0 Å². The topological polar surface area (TPSA) is 105 Å². The lowest BCUT2D eigenvalue weighted by Crippen LogP contribution is -2.50. The molecule has 0 heterocycles. The van der Waals surface area contributed by atoms with Gasteiger partial charge in [0.25, 0.3) is 0 Å². The van der Waals surface area contributed by atoms with Crippen molar-refractivity contribution in [2.45, 2.75) is 57.5 Å². The average Bonchev–Trinajstić information content (AvgIpc) is 2.42. The third kappa shape index (κ3) is 6.46. The van der Waals surface area contributed by atoms with Gasteiger partial charge in [0.1, 0.15) is 6.04 Å². The quantitative estimate of drug-likeness (QED) is 0.641. The van der Waals surface area contributed by atoms with Gasteiger partial charge in [-0.05, 0) is 25.2 Å². The Morgan fingerprint density at radius 1 is 1.33 bits per heavy atom. The van der Waals surface area contributed by atoms with E-state index in [0.717, 1.165) is 25.7 Å². The summed E-state index contributed by atoms with van der Waals surface area (Å²) in [5.41, 5.74) is 0. The number of nitrogens with one attached hydrogen (secondary N) is 2. The number of aliphatic carboxylic acids is 1. The van der Waals surface area contributed by atoms with Crippen LogP contribution in [0, 0.1) is 5.92 Å². The van der Waals surface area contributed by atoms with E-state index in [1.54, 1.807) is 0 Å². The van der Waals surface area contributed by atoms with Crippen LogP contribution in [0.3, 0.4) is 0 Å². The zero-order valence-electron chi connectivity index (χ0n) is 12.6. The minimum Gasteiger partial charge on any atom is -0.480 e. The van der Waals surface area contributed by atoms with Gasteiger partial charge in [-0.3, -0.25) is 4.79 Å². The van der Waals surface area contributed by atoms with Crippen molar-refractivity contribution in [1.82, 2.24) is 10.6 Å². The third-order valence-electron chi connectivity index (χ3n) is 3.74. The highest BCUT2D eigenvalue weighted by Crippen LogP contribution is 2.23. The molecule has 2 unspecified atom stereocenters. The van der Waals surface area contributed by atoms with Crippen molar-refractivity contribution in [3.8, 4) is 0 Å². The molecule has 1 rings (SSSR count). The molecule has 0 aromatic rings. The van der Waals surface area contributed by atoms with Crippen LogP contribution in [0.2, 0.25) is 0 Å². The fraction of sp³-hybridized carbons (Fsp3) is 0.786. The maximum Gasteiger partial charge on any atom is 0.326 e. The molecule has 2 amide bonds. The SMILES string of the molecule is COC(=O)CC[C@H](NC(=O)NC1CCCC(C)C1)C(=O)O. The summed E-state index contributed by atoms with van der Waals surface area (Å²) in [4.78, 5) is 34.0. The zero-order chi connectivity index (χ0) is 15.8. The van der Waals surface area contributed by atoms with Crippen molar-refractivity contribution in [2.24, 2.45) is 5.92 Å². The van der Waals surface area contributed by atoms with E-state index >= 15 is 0 Å². The summed E-state index contributed by atoms with van der Waals surface area (Å²) in [6.45, 7) is 2.14. The predicted octanol–water partition coefficient (Wildman–Crippen LogP) is 1.27. The van der Waals surface area contributed by atoms with Gasteiger partial charge in [-0.15, -0.1) is 0 Å². The van der Waals surface area contributed by atoms with Gasteiger partial charge in [-0.25, -0.2) is 9.59 Å². The first kappa shape index (κ1) is 17.3. The number of hydrogen-bond donors (Lipinski definition) is 3. The second kappa shape index (κ2) is 8.49. The molecule has 0 spiro atoms. The molecule has 1 saturated carbocycles. The molecule has 120 valence electrons. The lowest BCUT2D eigenvalue weighted by molar-refractivity contribution is -0.142. The van der Waals surface area contributed by atoms with Crippen LogP contribution in [0.1, 0.15) is 45.4 Å². The Balaban J connectivity index is 2.41. The van der Waals surface area contributed by atoms with E-state index in [4.69, 9.17) is 5.11 Å². The Morgan fingerprint density at radius 2 is 2.05 bits per heavy atom. The number of urea groups is 1. The van der Waals surface area contributed by atoms with Gasteiger partial charge in [0.2, 0.25) is 0 Å². The largest absolute Gasteiger partial charge is 0.480 e. The standard InChI is InChI=1S/C14H24N2O5/c1-9-4-3-5-10(8-9)15-14(20)16-11(13(18)19)6-7-12(17)21-2/h9-11H,3-8H2,1-2H3,(H,18,19)(H2,15,16,20)/t9?,10?,11-/m0/s1. The number of carbonyl (C=O) groups excluding carboxylic acids is 2. The Bertz CT molecular complexity index is 386. The Kier molecular flexibility index (Phi) is 6.98. The first-order chi connectivity index (χ1) is 9.92. The monoisotopic (exact) mass is 300 g/mol. The van der Waals surface area contributed by atoms with Gasteiger partial charge in [-0.2, -0.15) is 0 Å². The number of methoxy groups -OCH3 is 1. The molecular weight excluding hydrogens is 276 g/mol. The molecule has 0 radical (unpaired) electrons. The Morgan fingerprint density at radius 3 is 2.62 bits per heavy atom. The molecule has 7 heteroatoms. The highest BCUT2D eigenvalue weighted by atomic mass is 16.5. The molecule has 3 N–H and O–H groups in total. The van der Waals surface area contributed by atoms with E-state index in [-0.39, 0.29) is 18.9 Å². The van der Waals surface area contributed by atoms with Gasteiger partial charge < -0.3 is 20.5 Å². The highest BCUT2D eigenvalue weighted by Gasteiger charge is 2.24. The van der Waals surface area contributed by atoms with Crippen molar-refractivity contribution in [3.05, 3.63) is 0 Å². The lowest BCUT2D eigenvalue weighted by atomic mass is 9.87. The minimum atomic E-state index is -1.16. The number of carbonyl (C=O) groups is 3. The van der Waals surface area contributed by atoms with Crippen molar-refractivity contribution in [1.29, 1.82) is 0 Å². The lowest BCUT2D eigenvalue weighted by Gasteiger charge is -2.28. The summed E-state index contributed by atoms with van der Waals surface area (Å²) in [7, 11) is 1.24. The van der Waals surface area contributed by atoms with E-state index in [2.05, 4.69) is 22.3 Å². The second-order valence-corrected chi connectivity index (χ2v) is 5.59. The molecule has 1 aliphatic rings. The number of esters is 1. The molecule has 21 heavy (non-hydrogen) atoms. The molecule has 0 saturated heterocycles. The maximum atomic E-state index is 11.8. The number of hydrogen-bond acceptors (Lipinski definition) is 4. The number of carboxylic acids is 1. The Hall–Kier alpha value is -1.79. The smallest absolute Gasteiger partial charge is 0.326 e. The third-order valence-corrected chi connectivity index (χ3v) is 3.74. The number of amides is 2. The summed E-state index contributed by atoms with van der Waals surface area (Å²) < 4.78 is 4.46. The van der Waals surface area contributed by atoms with Crippen molar-refractivity contribution in [2.75, 3.05) is 7.11 Å². The first-order valence-electron chi connectivity index (χ1n) is 7.29. The van der Waals surface area contributed by atoms with E-state index in [1.165, 1.54) is 7.11 Å².